The number of amides is 2. The van der Waals surface area contributed by atoms with Crippen molar-refractivity contribution in [2.45, 2.75) is 19.4 Å². The quantitative estimate of drug-likeness (QED) is 0.505. The van der Waals surface area contributed by atoms with Crippen LogP contribution in [-0.2, 0) is 24.2 Å². The minimum absolute atomic E-state index is 0.0511. The molecule has 0 saturated carbocycles. The molecule has 1 saturated heterocycles. The first-order chi connectivity index (χ1) is 15.2. The van der Waals surface area contributed by atoms with Crippen LogP contribution < -0.4 is 10.6 Å². The second kappa shape index (κ2) is 10.6. The van der Waals surface area contributed by atoms with Gasteiger partial charge >= 0.3 is 5.97 Å². The van der Waals surface area contributed by atoms with Crippen molar-refractivity contribution in [3.8, 4) is 10.4 Å². The number of carbonyl (C=O) groups excluding carboxylic acids is 3. The molecule has 1 aliphatic heterocycles. The Kier molecular flexibility index (Phi) is 8.04. The summed E-state index contributed by atoms with van der Waals surface area (Å²) in [6.07, 6.45) is 0.403. The van der Waals surface area contributed by atoms with Crippen molar-refractivity contribution in [2.24, 2.45) is 0 Å². The van der Waals surface area contributed by atoms with Gasteiger partial charge in [-0.1, -0.05) is 6.07 Å². The average Bonchev–Trinajstić information content (AvgIpc) is 3.41. The summed E-state index contributed by atoms with van der Waals surface area (Å²) in [5.41, 5.74) is 1.02. The maximum absolute atomic E-state index is 12.6. The highest BCUT2D eigenvalue weighted by molar-refractivity contribution is 7.91. The Balaban J connectivity index is 1.59. The van der Waals surface area contributed by atoms with Crippen LogP contribution in [-0.4, -0.2) is 75.4 Å². The molecule has 0 aromatic carbocycles. The topological polar surface area (TPSA) is 122 Å². The highest BCUT2D eigenvalue weighted by Crippen LogP contribution is 2.38. The molecule has 1 fully saturated rings. The third-order valence-corrected chi connectivity index (χ3v) is 8.30. The highest BCUT2D eigenvalue weighted by Gasteiger charge is 2.29. The fraction of sp³-hybridized carbons (Fsp3) is 0.450. The van der Waals surface area contributed by atoms with Gasteiger partial charge in [-0.25, -0.2) is 13.2 Å². The Bertz CT molecular complexity index is 1080. The van der Waals surface area contributed by atoms with Crippen molar-refractivity contribution in [3.63, 3.8) is 0 Å². The van der Waals surface area contributed by atoms with Gasteiger partial charge in [-0.3, -0.25) is 14.5 Å². The number of hydrogen-bond acceptors (Lipinski definition) is 9. The van der Waals surface area contributed by atoms with E-state index in [0.717, 1.165) is 4.88 Å². The van der Waals surface area contributed by atoms with Gasteiger partial charge in [0.1, 0.15) is 10.6 Å². The van der Waals surface area contributed by atoms with Crippen molar-refractivity contribution in [2.75, 3.05) is 43.6 Å². The van der Waals surface area contributed by atoms with E-state index in [-0.39, 0.29) is 49.1 Å². The number of rotatable bonds is 9. The molecule has 2 amide bonds. The highest BCUT2D eigenvalue weighted by atomic mass is 32.2. The predicted molar refractivity (Wildman–Crippen MR) is 125 cm³/mol. The van der Waals surface area contributed by atoms with Crippen molar-refractivity contribution in [1.82, 2.24) is 10.2 Å². The summed E-state index contributed by atoms with van der Waals surface area (Å²) in [5.74, 6) is -1.20. The Morgan fingerprint density at radius 2 is 1.97 bits per heavy atom. The van der Waals surface area contributed by atoms with Crippen molar-refractivity contribution in [1.29, 1.82) is 0 Å². The van der Waals surface area contributed by atoms with Crippen LogP contribution in [0, 0.1) is 0 Å². The summed E-state index contributed by atoms with van der Waals surface area (Å²) in [4.78, 5) is 39.7. The second-order valence-corrected chi connectivity index (χ2v) is 11.5. The van der Waals surface area contributed by atoms with E-state index in [1.807, 2.05) is 17.5 Å². The molecule has 2 aromatic rings. The number of thiophene rings is 2. The van der Waals surface area contributed by atoms with Crippen LogP contribution in [0.5, 0.6) is 0 Å². The molecular formula is C20H25N3O6S3. The summed E-state index contributed by atoms with van der Waals surface area (Å²) in [7, 11) is -1.47. The van der Waals surface area contributed by atoms with Gasteiger partial charge in [0.15, 0.2) is 9.84 Å². The Hall–Kier alpha value is -2.28. The molecule has 0 aliphatic carbocycles. The van der Waals surface area contributed by atoms with Gasteiger partial charge in [-0.05, 0) is 31.8 Å². The number of likely N-dealkylation sites (N-methyl/N-ethyl adjacent to an activating group) is 1. The van der Waals surface area contributed by atoms with Crippen LogP contribution >= 0.6 is 22.7 Å². The van der Waals surface area contributed by atoms with Crippen molar-refractivity contribution < 1.29 is 27.5 Å². The molecule has 0 spiro atoms. The number of anilines is 1. The second-order valence-electron chi connectivity index (χ2n) is 7.44. The van der Waals surface area contributed by atoms with E-state index < -0.39 is 15.8 Å². The van der Waals surface area contributed by atoms with E-state index in [1.54, 1.807) is 19.4 Å². The minimum Gasteiger partial charge on any atom is -0.462 e. The summed E-state index contributed by atoms with van der Waals surface area (Å²) in [6.45, 7) is 1.80. The summed E-state index contributed by atoms with van der Waals surface area (Å²) < 4.78 is 28.2. The van der Waals surface area contributed by atoms with Gasteiger partial charge in [0.2, 0.25) is 11.8 Å². The average molecular weight is 500 g/mol. The first-order valence-corrected chi connectivity index (χ1v) is 13.6. The molecule has 2 N–H and O–H groups in total. The number of hydrogen-bond donors (Lipinski definition) is 2. The number of nitrogens with one attached hydrogen (secondary N) is 2. The molecule has 3 rings (SSSR count). The molecule has 3 heterocycles. The zero-order valence-corrected chi connectivity index (χ0v) is 20.2. The normalized spacial score (nSPS) is 17.3. The number of carbonyl (C=O) groups is 3. The Morgan fingerprint density at radius 1 is 1.22 bits per heavy atom. The molecule has 174 valence electrons. The van der Waals surface area contributed by atoms with Crippen LogP contribution in [0.3, 0.4) is 0 Å². The number of nitrogens with zero attached hydrogens (tertiary/aromatic N) is 1. The Labute approximate surface area is 194 Å². The first-order valence-electron chi connectivity index (χ1n) is 9.99. The van der Waals surface area contributed by atoms with Gasteiger partial charge in [0.05, 0.1) is 31.2 Å². The van der Waals surface area contributed by atoms with E-state index >= 15 is 0 Å². The third-order valence-electron chi connectivity index (χ3n) is 4.73. The molecule has 1 atom stereocenters. The van der Waals surface area contributed by atoms with Crippen LogP contribution in [0.25, 0.3) is 10.4 Å². The zero-order chi connectivity index (χ0) is 23.3. The monoisotopic (exact) mass is 499 g/mol. The fourth-order valence-electron chi connectivity index (χ4n) is 3.36. The van der Waals surface area contributed by atoms with E-state index in [4.69, 9.17) is 4.74 Å². The number of sulfone groups is 1. The third kappa shape index (κ3) is 6.37. The molecule has 1 unspecified atom stereocenters. The van der Waals surface area contributed by atoms with Gasteiger partial charge in [-0.2, -0.15) is 0 Å². The van der Waals surface area contributed by atoms with Crippen LogP contribution in [0.1, 0.15) is 23.7 Å². The molecule has 0 bridgehead atoms. The van der Waals surface area contributed by atoms with Gasteiger partial charge in [0.25, 0.3) is 0 Å². The SMILES string of the molecule is CCOC(=O)c1c(-c2cccs2)csc1NC(=O)CN(C)CC(=O)NC1CCS(=O)(=O)C1. The predicted octanol–water partition coefficient (Wildman–Crippen LogP) is 1.83. The summed E-state index contributed by atoms with van der Waals surface area (Å²) >= 11 is 2.72. The van der Waals surface area contributed by atoms with Crippen LogP contribution in [0.2, 0.25) is 0 Å². The van der Waals surface area contributed by atoms with Crippen LogP contribution in [0.4, 0.5) is 5.00 Å². The lowest BCUT2D eigenvalue weighted by molar-refractivity contribution is -0.123. The lowest BCUT2D eigenvalue weighted by Crippen LogP contribution is -2.43. The lowest BCUT2D eigenvalue weighted by Gasteiger charge is -2.17. The van der Waals surface area contributed by atoms with E-state index in [9.17, 15) is 22.8 Å². The molecule has 1 aliphatic rings. The van der Waals surface area contributed by atoms with Crippen LogP contribution in [0.15, 0.2) is 22.9 Å². The molecule has 2 aromatic heterocycles. The largest absolute Gasteiger partial charge is 0.462 e. The first kappa shape index (κ1) is 24.4. The maximum Gasteiger partial charge on any atom is 0.341 e. The molecule has 9 nitrogen and oxygen atoms in total. The Morgan fingerprint density at radius 3 is 2.59 bits per heavy atom. The number of esters is 1. The van der Waals surface area contributed by atoms with E-state index in [0.29, 0.717) is 22.5 Å². The van der Waals surface area contributed by atoms with Crippen molar-refractivity contribution >= 4 is 55.3 Å². The fourth-order valence-corrected chi connectivity index (χ4v) is 6.82. The van der Waals surface area contributed by atoms with E-state index in [1.165, 1.54) is 27.6 Å². The van der Waals surface area contributed by atoms with E-state index in [2.05, 4.69) is 10.6 Å². The van der Waals surface area contributed by atoms with Crippen molar-refractivity contribution in [3.05, 3.63) is 28.5 Å². The lowest BCUT2D eigenvalue weighted by atomic mass is 10.1. The van der Waals surface area contributed by atoms with Gasteiger partial charge in [0, 0.05) is 21.9 Å². The van der Waals surface area contributed by atoms with Gasteiger partial charge in [-0.15, -0.1) is 22.7 Å². The summed E-state index contributed by atoms with van der Waals surface area (Å²) in [6, 6.07) is 3.39. The molecule has 0 radical (unpaired) electrons. The smallest absolute Gasteiger partial charge is 0.341 e. The minimum atomic E-state index is -3.08. The zero-order valence-electron chi connectivity index (χ0n) is 17.8. The molecular weight excluding hydrogens is 474 g/mol. The van der Waals surface area contributed by atoms with Gasteiger partial charge < -0.3 is 15.4 Å². The molecule has 32 heavy (non-hydrogen) atoms. The standard InChI is InChI=1S/C20H25N3O6S3/c1-3-29-20(26)18-14(15-5-4-7-30-15)11-31-19(18)22-17(25)10-23(2)9-16(24)21-13-6-8-32(27,28)12-13/h4-5,7,11,13H,3,6,8-10,12H2,1-2H3,(H,21,24)(H,22,25). The summed E-state index contributed by atoms with van der Waals surface area (Å²) in [5, 5.41) is 9.55. The maximum atomic E-state index is 12.6. The molecule has 12 heteroatoms. The number of ether oxygens (including phenoxy) is 1.